The molecule has 0 bridgehead atoms. The van der Waals surface area contributed by atoms with Crippen LogP contribution in [0.3, 0.4) is 0 Å². The molecule has 37 heavy (non-hydrogen) atoms. The molecule has 0 heterocycles. The summed E-state index contributed by atoms with van der Waals surface area (Å²) in [6.07, 6.45) is 3.35. The van der Waals surface area contributed by atoms with Crippen LogP contribution < -0.4 is 10.6 Å². The summed E-state index contributed by atoms with van der Waals surface area (Å²) in [5.74, 6) is -0.670. The third-order valence-electron chi connectivity index (χ3n) is 6.95. The summed E-state index contributed by atoms with van der Waals surface area (Å²) in [7, 11) is 0. The number of amides is 3. The summed E-state index contributed by atoms with van der Waals surface area (Å²) in [5, 5.41) is 5.88. The van der Waals surface area contributed by atoms with Gasteiger partial charge in [-0.2, -0.15) is 0 Å². The Morgan fingerprint density at radius 2 is 1.57 bits per heavy atom. The quantitative estimate of drug-likeness (QED) is 0.307. The first kappa shape index (κ1) is 32.5. The number of nitrogens with zero attached hydrogens (tertiary/aromatic N) is 1. The Bertz CT molecular complexity index is 874. The van der Waals surface area contributed by atoms with Crippen molar-refractivity contribution in [2.24, 2.45) is 5.92 Å². The van der Waals surface area contributed by atoms with Gasteiger partial charge in [0.25, 0.3) is 0 Å². The van der Waals surface area contributed by atoms with Crippen molar-refractivity contribution in [3.8, 4) is 0 Å². The number of ether oxygens (including phenoxy) is 1. The fourth-order valence-electron chi connectivity index (χ4n) is 4.05. The van der Waals surface area contributed by atoms with E-state index in [0.29, 0.717) is 19.4 Å². The summed E-state index contributed by atoms with van der Waals surface area (Å²) >= 11 is 0. The molecule has 0 radical (unpaired) electrons. The second-order valence-electron chi connectivity index (χ2n) is 11.5. The maximum atomic E-state index is 14.4. The van der Waals surface area contributed by atoms with Crippen LogP contribution in [0.1, 0.15) is 112 Å². The van der Waals surface area contributed by atoms with Crippen LogP contribution in [0.5, 0.6) is 0 Å². The van der Waals surface area contributed by atoms with Gasteiger partial charge in [0.2, 0.25) is 11.8 Å². The highest BCUT2D eigenvalue weighted by Crippen LogP contribution is 2.33. The van der Waals surface area contributed by atoms with Crippen LogP contribution in [0, 0.1) is 5.92 Å². The zero-order chi connectivity index (χ0) is 28.4. The standard InChI is InChI=1S/C30H51N3O4/c1-11-15-20-31-26(34)25(23-18-16-22(13-3)17-19-23)33(30(9,10)14-4)27(35)24(21(5)12-2)32-28(36)37-29(6,7)8/h16-19,21,24-25H,11-15,20H2,1-10H3,(H,31,34)(H,32,36). The number of carbonyl (C=O) groups excluding carboxylic acids is 3. The molecule has 1 rings (SSSR count). The molecule has 0 aliphatic rings. The molecule has 0 spiro atoms. The van der Waals surface area contributed by atoms with Gasteiger partial charge in [-0.05, 0) is 70.9 Å². The van der Waals surface area contributed by atoms with Crippen LogP contribution in [0.15, 0.2) is 24.3 Å². The first-order valence-electron chi connectivity index (χ1n) is 13.9. The number of rotatable bonds is 13. The van der Waals surface area contributed by atoms with E-state index in [4.69, 9.17) is 4.74 Å². The molecule has 0 aliphatic carbocycles. The molecular weight excluding hydrogens is 466 g/mol. The van der Waals surface area contributed by atoms with Crippen molar-refractivity contribution >= 4 is 17.9 Å². The number of hydrogen-bond acceptors (Lipinski definition) is 4. The highest BCUT2D eigenvalue weighted by molar-refractivity contribution is 5.92. The zero-order valence-corrected chi connectivity index (χ0v) is 24.9. The second kappa shape index (κ2) is 14.4. The molecule has 0 aromatic heterocycles. The Balaban J connectivity index is 3.63. The number of alkyl carbamates (subject to hydrolysis) is 1. The average Bonchev–Trinajstić information content (AvgIpc) is 2.83. The van der Waals surface area contributed by atoms with Gasteiger partial charge >= 0.3 is 6.09 Å². The van der Waals surface area contributed by atoms with E-state index in [1.54, 1.807) is 25.7 Å². The van der Waals surface area contributed by atoms with E-state index in [1.165, 1.54) is 0 Å². The predicted octanol–water partition coefficient (Wildman–Crippen LogP) is 6.16. The van der Waals surface area contributed by atoms with Crippen LogP contribution >= 0.6 is 0 Å². The maximum absolute atomic E-state index is 14.4. The maximum Gasteiger partial charge on any atom is 0.408 e. The lowest BCUT2D eigenvalue weighted by atomic mass is 9.89. The lowest BCUT2D eigenvalue weighted by Gasteiger charge is -2.45. The monoisotopic (exact) mass is 517 g/mol. The van der Waals surface area contributed by atoms with Crippen molar-refractivity contribution in [1.29, 1.82) is 0 Å². The van der Waals surface area contributed by atoms with E-state index >= 15 is 0 Å². The van der Waals surface area contributed by atoms with Gasteiger partial charge in [0, 0.05) is 12.1 Å². The van der Waals surface area contributed by atoms with Gasteiger partial charge in [-0.3, -0.25) is 9.59 Å². The molecular formula is C30H51N3O4. The number of unbranched alkanes of at least 4 members (excludes halogenated alkanes) is 1. The molecule has 7 heteroatoms. The fourth-order valence-corrected chi connectivity index (χ4v) is 4.05. The highest BCUT2D eigenvalue weighted by atomic mass is 16.6. The predicted molar refractivity (Wildman–Crippen MR) is 150 cm³/mol. The lowest BCUT2D eigenvalue weighted by molar-refractivity contribution is -0.150. The SMILES string of the molecule is CCCCNC(=O)C(c1ccc(CC)cc1)N(C(=O)C(NC(=O)OC(C)(C)C)C(C)CC)C(C)(C)CC. The molecule has 210 valence electrons. The van der Waals surface area contributed by atoms with Crippen molar-refractivity contribution in [2.45, 2.75) is 125 Å². The number of nitrogens with one attached hydrogen (secondary N) is 2. The minimum Gasteiger partial charge on any atom is -0.444 e. The zero-order valence-electron chi connectivity index (χ0n) is 24.9. The summed E-state index contributed by atoms with van der Waals surface area (Å²) < 4.78 is 5.49. The third kappa shape index (κ3) is 9.67. The molecule has 1 aromatic carbocycles. The number of benzene rings is 1. The average molecular weight is 518 g/mol. The van der Waals surface area contributed by atoms with Gasteiger partial charge in [0.15, 0.2) is 0 Å². The molecule has 0 saturated carbocycles. The summed E-state index contributed by atoms with van der Waals surface area (Å²) in [6.45, 7) is 19.9. The normalized spacial score (nSPS) is 14.3. The Labute approximate surface area is 225 Å². The number of aryl methyl sites for hydroxylation is 1. The lowest BCUT2D eigenvalue weighted by Crippen LogP contribution is -2.60. The van der Waals surface area contributed by atoms with E-state index in [9.17, 15) is 14.4 Å². The van der Waals surface area contributed by atoms with Crippen LogP contribution in [0.4, 0.5) is 4.79 Å². The Morgan fingerprint density at radius 3 is 2.03 bits per heavy atom. The van der Waals surface area contributed by atoms with E-state index < -0.39 is 29.3 Å². The molecule has 3 atom stereocenters. The fraction of sp³-hybridized carbons (Fsp3) is 0.700. The van der Waals surface area contributed by atoms with Gasteiger partial charge in [-0.15, -0.1) is 0 Å². The smallest absolute Gasteiger partial charge is 0.408 e. The largest absolute Gasteiger partial charge is 0.444 e. The van der Waals surface area contributed by atoms with Crippen LogP contribution in [-0.2, 0) is 20.7 Å². The van der Waals surface area contributed by atoms with E-state index in [2.05, 4.69) is 24.5 Å². The summed E-state index contributed by atoms with van der Waals surface area (Å²) in [5.41, 5.74) is 0.555. The van der Waals surface area contributed by atoms with Crippen molar-refractivity contribution in [3.63, 3.8) is 0 Å². The molecule has 3 amide bonds. The number of carbonyl (C=O) groups is 3. The van der Waals surface area contributed by atoms with Crippen LogP contribution in [0.25, 0.3) is 0 Å². The highest BCUT2D eigenvalue weighted by Gasteiger charge is 2.44. The van der Waals surface area contributed by atoms with Crippen molar-refractivity contribution in [2.75, 3.05) is 6.54 Å². The molecule has 3 unspecified atom stereocenters. The van der Waals surface area contributed by atoms with Crippen molar-refractivity contribution in [3.05, 3.63) is 35.4 Å². The van der Waals surface area contributed by atoms with E-state index in [1.807, 2.05) is 58.9 Å². The van der Waals surface area contributed by atoms with E-state index in [-0.39, 0.29) is 17.7 Å². The van der Waals surface area contributed by atoms with Gasteiger partial charge in [0.05, 0.1) is 0 Å². The van der Waals surface area contributed by atoms with Gasteiger partial charge < -0.3 is 20.3 Å². The van der Waals surface area contributed by atoms with Crippen LogP contribution in [0.2, 0.25) is 0 Å². The van der Waals surface area contributed by atoms with Crippen molar-refractivity contribution in [1.82, 2.24) is 15.5 Å². The molecule has 2 N–H and O–H groups in total. The topological polar surface area (TPSA) is 87.7 Å². The third-order valence-corrected chi connectivity index (χ3v) is 6.95. The molecule has 1 aromatic rings. The summed E-state index contributed by atoms with van der Waals surface area (Å²) in [6, 6.07) is 6.22. The van der Waals surface area contributed by atoms with Gasteiger partial charge in [-0.25, -0.2) is 4.79 Å². The van der Waals surface area contributed by atoms with Gasteiger partial charge in [-0.1, -0.05) is 71.7 Å². The Kier molecular flexibility index (Phi) is 12.6. The Hall–Kier alpha value is -2.57. The van der Waals surface area contributed by atoms with Gasteiger partial charge in [0.1, 0.15) is 17.7 Å². The molecule has 0 saturated heterocycles. The first-order chi connectivity index (χ1) is 17.2. The minimum atomic E-state index is -0.841. The number of hydrogen-bond donors (Lipinski definition) is 2. The summed E-state index contributed by atoms with van der Waals surface area (Å²) in [4.78, 5) is 42.6. The second-order valence-corrected chi connectivity index (χ2v) is 11.5. The molecule has 0 fully saturated rings. The van der Waals surface area contributed by atoms with E-state index in [0.717, 1.165) is 30.4 Å². The minimum absolute atomic E-state index is 0.165. The Morgan fingerprint density at radius 1 is 0.973 bits per heavy atom. The molecule has 7 nitrogen and oxygen atoms in total. The molecule has 0 aliphatic heterocycles. The van der Waals surface area contributed by atoms with Crippen LogP contribution in [-0.4, -0.2) is 46.5 Å². The first-order valence-corrected chi connectivity index (χ1v) is 13.9. The van der Waals surface area contributed by atoms with Crippen molar-refractivity contribution < 1.29 is 19.1 Å².